The van der Waals surface area contributed by atoms with Crippen molar-refractivity contribution >= 4 is 10.9 Å². The molecule has 1 atom stereocenters. The van der Waals surface area contributed by atoms with Crippen LogP contribution in [0.4, 0.5) is 0 Å². The van der Waals surface area contributed by atoms with Crippen LogP contribution in [0, 0.1) is 5.92 Å². The summed E-state index contributed by atoms with van der Waals surface area (Å²) in [5.41, 5.74) is 1.90. The normalized spacial score (nSPS) is 13.0. The number of hydrogen-bond donors (Lipinski definition) is 3. The minimum atomic E-state index is -0.0453. The molecule has 0 aliphatic heterocycles. The van der Waals surface area contributed by atoms with Crippen LogP contribution in [-0.2, 0) is 6.54 Å². The molecule has 4 heteroatoms. The van der Waals surface area contributed by atoms with E-state index in [9.17, 15) is 4.79 Å². The van der Waals surface area contributed by atoms with Crippen LogP contribution in [0.25, 0.3) is 10.9 Å². The van der Waals surface area contributed by atoms with Crippen molar-refractivity contribution in [1.82, 2.24) is 15.6 Å². The molecule has 0 aliphatic rings. The number of fused-ring (bicyclic) bond motifs is 1. The minimum absolute atomic E-state index is 0.0453. The summed E-state index contributed by atoms with van der Waals surface area (Å²) in [5.74, 6) is 0.661. The van der Waals surface area contributed by atoms with E-state index in [2.05, 4.69) is 36.4 Å². The Labute approximate surface area is 126 Å². The smallest absolute Gasteiger partial charge is 0.248 e. The van der Waals surface area contributed by atoms with Gasteiger partial charge in [-0.25, -0.2) is 0 Å². The van der Waals surface area contributed by atoms with Crippen LogP contribution in [0.1, 0.15) is 26.3 Å². The Kier molecular flexibility index (Phi) is 5.53. The summed E-state index contributed by atoms with van der Waals surface area (Å²) in [7, 11) is 0. The molecule has 3 N–H and O–H groups in total. The second kappa shape index (κ2) is 7.38. The maximum Gasteiger partial charge on any atom is 0.248 e. The fraction of sp³-hybridized carbons (Fsp3) is 0.471. The Hall–Kier alpha value is -1.65. The molecule has 1 heterocycles. The molecule has 21 heavy (non-hydrogen) atoms. The number of aromatic nitrogens is 1. The average Bonchev–Trinajstić information content (AvgIpc) is 2.44. The van der Waals surface area contributed by atoms with Gasteiger partial charge in [-0.1, -0.05) is 32.0 Å². The zero-order valence-electron chi connectivity index (χ0n) is 13.1. The molecule has 1 aromatic carbocycles. The van der Waals surface area contributed by atoms with Crippen LogP contribution in [0.3, 0.4) is 0 Å². The van der Waals surface area contributed by atoms with Gasteiger partial charge in [-0.05, 0) is 31.0 Å². The lowest BCUT2D eigenvalue weighted by molar-refractivity contribution is 0.472. The minimum Gasteiger partial charge on any atom is -0.322 e. The van der Waals surface area contributed by atoms with E-state index in [4.69, 9.17) is 0 Å². The first kappa shape index (κ1) is 15.7. The third-order valence-corrected chi connectivity index (χ3v) is 3.48. The van der Waals surface area contributed by atoms with Crippen molar-refractivity contribution in [2.24, 2.45) is 5.92 Å². The predicted molar refractivity (Wildman–Crippen MR) is 88.6 cm³/mol. The average molecular weight is 287 g/mol. The first-order valence-electron chi connectivity index (χ1n) is 7.61. The van der Waals surface area contributed by atoms with Gasteiger partial charge in [0.25, 0.3) is 0 Å². The summed E-state index contributed by atoms with van der Waals surface area (Å²) in [6.07, 6.45) is 0. The van der Waals surface area contributed by atoms with Crippen LogP contribution < -0.4 is 16.2 Å². The van der Waals surface area contributed by atoms with Gasteiger partial charge < -0.3 is 15.6 Å². The molecule has 1 aromatic heterocycles. The van der Waals surface area contributed by atoms with E-state index in [1.165, 1.54) is 0 Å². The SMILES string of the molecule is CC(C)CNCC(C)NCc1cc(=O)[nH]c2ccccc12. The molecule has 0 aliphatic carbocycles. The van der Waals surface area contributed by atoms with Crippen molar-refractivity contribution < 1.29 is 0 Å². The van der Waals surface area contributed by atoms with Crippen molar-refractivity contribution in [3.05, 3.63) is 46.2 Å². The maximum absolute atomic E-state index is 11.7. The molecule has 4 nitrogen and oxygen atoms in total. The van der Waals surface area contributed by atoms with Gasteiger partial charge in [0.1, 0.15) is 0 Å². The van der Waals surface area contributed by atoms with Gasteiger partial charge in [-0.2, -0.15) is 0 Å². The summed E-state index contributed by atoms with van der Waals surface area (Å²) in [5, 5.41) is 8.02. The van der Waals surface area contributed by atoms with Crippen LogP contribution in [0.15, 0.2) is 35.1 Å². The van der Waals surface area contributed by atoms with Gasteiger partial charge in [0.15, 0.2) is 0 Å². The number of pyridine rings is 1. The van der Waals surface area contributed by atoms with Crippen molar-refractivity contribution in [1.29, 1.82) is 0 Å². The second-order valence-corrected chi connectivity index (χ2v) is 6.04. The number of benzene rings is 1. The number of rotatable bonds is 7. The molecule has 0 saturated heterocycles. The Morgan fingerprint density at radius 1 is 1.14 bits per heavy atom. The van der Waals surface area contributed by atoms with Crippen LogP contribution in [0.2, 0.25) is 0 Å². The maximum atomic E-state index is 11.7. The number of para-hydroxylation sites is 1. The van der Waals surface area contributed by atoms with Gasteiger partial charge in [0.05, 0.1) is 0 Å². The van der Waals surface area contributed by atoms with Crippen LogP contribution in [-0.4, -0.2) is 24.1 Å². The molecule has 2 aromatic rings. The highest BCUT2D eigenvalue weighted by Gasteiger charge is 2.06. The van der Waals surface area contributed by atoms with E-state index in [1.54, 1.807) is 6.07 Å². The predicted octanol–water partition coefficient (Wildman–Crippen LogP) is 2.25. The Morgan fingerprint density at radius 3 is 2.67 bits per heavy atom. The topological polar surface area (TPSA) is 56.9 Å². The standard InChI is InChI=1S/C17H25N3O/c1-12(2)9-18-10-13(3)19-11-14-8-17(21)20-16-7-5-4-6-15(14)16/h4-8,12-13,18-19H,9-11H2,1-3H3,(H,20,21). The third kappa shape index (κ3) is 4.69. The fourth-order valence-corrected chi connectivity index (χ4v) is 2.37. The largest absolute Gasteiger partial charge is 0.322 e. The highest BCUT2D eigenvalue weighted by atomic mass is 16.1. The van der Waals surface area contributed by atoms with E-state index in [0.717, 1.165) is 29.6 Å². The summed E-state index contributed by atoms with van der Waals surface area (Å²) in [4.78, 5) is 14.6. The molecule has 0 spiro atoms. The number of nitrogens with one attached hydrogen (secondary N) is 3. The fourth-order valence-electron chi connectivity index (χ4n) is 2.37. The van der Waals surface area contributed by atoms with E-state index in [-0.39, 0.29) is 5.56 Å². The molecule has 0 saturated carbocycles. The molecule has 0 bridgehead atoms. The van der Waals surface area contributed by atoms with Gasteiger partial charge in [-0.15, -0.1) is 0 Å². The monoisotopic (exact) mass is 287 g/mol. The van der Waals surface area contributed by atoms with E-state index in [0.29, 0.717) is 18.5 Å². The molecule has 2 rings (SSSR count). The van der Waals surface area contributed by atoms with Crippen molar-refractivity contribution in [3.8, 4) is 0 Å². The first-order chi connectivity index (χ1) is 10.1. The quantitative estimate of drug-likeness (QED) is 0.732. The lowest BCUT2D eigenvalue weighted by atomic mass is 10.1. The lowest BCUT2D eigenvalue weighted by Gasteiger charge is -2.16. The van der Waals surface area contributed by atoms with Gasteiger partial charge in [0.2, 0.25) is 5.56 Å². The molecular weight excluding hydrogens is 262 g/mol. The Morgan fingerprint density at radius 2 is 1.90 bits per heavy atom. The van der Waals surface area contributed by atoms with Crippen LogP contribution in [0.5, 0.6) is 0 Å². The van der Waals surface area contributed by atoms with E-state index in [1.807, 2.05) is 24.3 Å². The third-order valence-electron chi connectivity index (χ3n) is 3.48. The van der Waals surface area contributed by atoms with E-state index >= 15 is 0 Å². The van der Waals surface area contributed by atoms with Gasteiger partial charge in [-0.3, -0.25) is 4.79 Å². The molecule has 0 amide bonds. The van der Waals surface area contributed by atoms with Gasteiger partial charge >= 0.3 is 0 Å². The summed E-state index contributed by atoms with van der Waals surface area (Å²) < 4.78 is 0. The number of H-pyrrole nitrogens is 1. The summed E-state index contributed by atoms with van der Waals surface area (Å²) in [6, 6.07) is 9.97. The molecule has 1 unspecified atom stereocenters. The number of aromatic amines is 1. The Balaban J connectivity index is 1.98. The highest BCUT2D eigenvalue weighted by Crippen LogP contribution is 2.14. The van der Waals surface area contributed by atoms with Crippen molar-refractivity contribution in [2.45, 2.75) is 33.4 Å². The Bertz CT molecular complexity index is 633. The zero-order valence-corrected chi connectivity index (χ0v) is 13.1. The van der Waals surface area contributed by atoms with Crippen molar-refractivity contribution in [2.75, 3.05) is 13.1 Å². The first-order valence-corrected chi connectivity index (χ1v) is 7.61. The van der Waals surface area contributed by atoms with Crippen LogP contribution >= 0.6 is 0 Å². The molecule has 0 fully saturated rings. The molecule has 114 valence electrons. The zero-order chi connectivity index (χ0) is 15.2. The van der Waals surface area contributed by atoms with Gasteiger partial charge in [0, 0.05) is 36.1 Å². The molecule has 0 radical (unpaired) electrons. The van der Waals surface area contributed by atoms with E-state index < -0.39 is 0 Å². The highest BCUT2D eigenvalue weighted by molar-refractivity contribution is 5.81. The number of hydrogen-bond acceptors (Lipinski definition) is 3. The van der Waals surface area contributed by atoms with Crippen molar-refractivity contribution in [3.63, 3.8) is 0 Å². The summed E-state index contributed by atoms with van der Waals surface area (Å²) in [6.45, 7) is 9.22. The second-order valence-electron chi connectivity index (χ2n) is 6.04. The lowest BCUT2D eigenvalue weighted by Crippen LogP contribution is -2.37. The summed E-state index contributed by atoms with van der Waals surface area (Å²) >= 11 is 0. The molecular formula is C17H25N3O.